The average molecular weight is 415 g/mol. The summed E-state index contributed by atoms with van der Waals surface area (Å²) < 4.78 is 5.37. The largest absolute Gasteiger partial charge is 0.378 e. The minimum absolute atomic E-state index is 0.0950. The van der Waals surface area contributed by atoms with Gasteiger partial charge in [0.15, 0.2) is 0 Å². The zero-order valence-corrected chi connectivity index (χ0v) is 17.2. The van der Waals surface area contributed by atoms with Crippen LogP contribution in [-0.2, 0) is 20.9 Å². The van der Waals surface area contributed by atoms with Gasteiger partial charge in [-0.3, -0.25) is 14.5 Å². The molecule has 0 radical (unpaired) electrons. The van der Waals surface area contributed by atoms with Crippen LogP contribution < -0.4 is 15.5 Å². The molecule has 1 saturated carbocycles. The number of hydrogen-bond donors (Lipinski definition) is 2. The Morgan fingerprint density at radius 1 is 1.23 bits per heavy atom. The molecular formula is C21H29N5O4. The summed E-state index contributed by atoms with van der Waals surface area (Å²) >= 11 is 0. The Labute approximate surface area is 176 Å². The van der Waals surface area contributed by atoms with Gasteiger partial charge in [-0.15, -0.1) is 0 Å². The minimum Gasteiger partial charge on any atom is -0.378 e. The summed E-state index contributed by atoms with van der Waals surface area (Å²) in [5.74, 6) is 0.671. The minimum atomic E-state index is -0.682. The first-order valence-electron chi connectivity index (χ1n) is 10.8. The fraction of sp³-hybridized carbons (Fsp3) is 0.619. The maximum Gasteiger partial charge on any atom is 0.325 e. The lowest BCUT2D eigenvalue weighted by molar-refractivity contribution is -0.131. The Bertz CT molecular complexity index is 802. The van der Waals surface area contributed by atoms with Gasteiger partial charge < -0.3 is 20.3 Å². The molecule has 1 aromatic heterocycles. The number of anilines is 1. The summed E-state index contributed by atoms with van der Waals surface area (Å²) in [6, 6.07) is 3.55. The molecule has 0 unspecified atom stereocenters. The molecule has 2 N–H and O–H groups in total. The van der Waals surface area contributed by atoms with Gasteiger partial charge in [0.2, 0.25) is 5.91 Å². The van der Waals surface area contributed by atoms with Crippen molar-refractivity contribution in [3.63, 3.8) is 0 Å². The molecule has 4 amide bonds. The first-order valence-corrected chi connectivity index (χ1v) is 10.8. The highest BCUT2D eigenvalue weighted by Gasteiger charge is 2.52. The van der Waals surface area contributed by atoms with Crippen LogP contribution in [0.5, 0.6) is 0 Å². The molecule has 3 aliphatic rings. The molecule has 3 heterocycles. The average Bonchev–Trinajstić information content (AvgIpc) is 3.33. The van der Waals surface area contributed by atoms with Crippen molar-refractivity contribution in [3.05, 3.63) is 23.9 Å². The van der Waals surface area contributed by atoms with E-state index in [0.29, 0.717) is 39.0 Å². The number of morpholine rings is 1. The summed E-state index contributed by atoms with van der Waals surface area (Å²) in [5, 5.41) is 5.78. The molecule has 3 fully saturated rings. The number of nitrogens with zero attached hydrogens (tertiary/aromatic N) is 3. The maximum atomic E-state index is 12.6. The van der Waals surface area contributed by atoms with Crippen LogP contribution in [0.4, 0.5) is 10.6 Å². The lowest BCUT2D eigenvalue weighted by Gasteiger charge is -2.28. The number of pyridine rings is 1. The number of carbonyl (C=O) groups excluding carboxylic acids is 3. The third-order valence-corrected chi connectivity index (χ3v) is 6.12. The van der Waals surface area contributed by atoms with Gasteiger partial charge in [0, 0.05) is 38.8 Å². The van der Waals surface area contributed by atoms with E-state index in [2.05, 4.69) is 20.5 Å². The van der Waals surface area contributed by atoms with E-state index in [1.165, 1.54) is 4.90 Å². The van der Waals surface area contributed by atoms with Crippen LogP contribution in [0, 0.1) is 0 Å². The van der Waals surface area contributed by atoms with Gasteiger partial charge in [-0.1, -0.05) is 12.8 Å². The summed E-state index contributed by atoms with van der Waals surface area (Å²) in [6.45, 7) is 3.71. The molecule has 1 spiro atoms. The molecule has 1 aliphatic carbocycles. The SMILES string of the molecule is O=C(CCCN1C(=O)NC2(CCCC2)C1=O)NCc1ccnc(N2CCOCC2)c1. The second-order valence-electron chi connectivity index (χ2n) is 8.18. The first kappa shape index (κ1) is 20.6. The van der Waals surface area contributed by atoms with Gasteiger partial charge in [-0.25, -0.2) is 9.78 Å². The quantitative estimate of drug-likeness (QED) is 0.648. The molecule has 0 bridgehead atoms. The molecule has 1 aromatic rings. The van der Waals surface area contributed by atoms with Crippen molar-refractivity contribution in [2.24, 2.45) is 0 Å². The topological polar surface area (TPSA) is 104 Å². The Balaban J connectivity index is 1.21. The predicted molar refractivity (Wildman–Crippen MR) is 110 cm³/mol. The van der Waals surface area contributed by atoms with Crippen molar-refractivity contribution in [1.29, 1.82) is 0 Å². The molecule has 0 aromatic carbocycles. The highest BCUT2D eigenvalue weighted by Crippen LogP contribution is 2.35. The third-order valence-electron chi connectivity index (χ3n) is 6.12. The van der Waals surface area contributed by atoms with Gasteiger partial charge >= 0.3 is 6.03 Å². The van der Waals surface area contributed by atoms with Crippen molar-refractivity contribution < 1.29 is 19.1 Å². The van der Waals surface area contributed by atoms with Crippen LogP contribution in [0.2, 0.25) is 0 Å². The van der Waals surface area contributed by atoms with Crippen LogP contribution >= 0.6 is 0 Å². The second kappa shape index (κ2) is 8.99. The first-order chi connectivity index (χ1) is 14.6. The van der Waals surface area contributed by atoms with E-state index in [0.717, 1.165) is 37.3 Å². The van der Waals surface area contributed by atoms with Crippen molar-refractivity contribution in [2.45, 2.75) is 50.6 Å². The zero-order valence-electron chi connectivity index (χ0n) is 17.2. The predicted octanol–water partition coefficient (Wildman–Crippen LogP) is 1.18. The summed E-state index contributed by atoms with van der Waals surface area (Å²) in [7, 11) is 0. The molecule has 4 rings (SSSR count). The molecule has 30 heavy (non-hydrogen) atoms. The summed E-state index contributed by atoms with van der Waals surface area (Å²) in [6.07, 6.45) is 5.83. The highest BCUT2D eigenvalue weighted by atomic mass is 16.5. The van der Waals surface area contributed by atoms with E-state index in [1.54, 1.807) is 6.20 Å². The van der Waals surface area contributed by atoms with E-state index < -0.39 is 5.54 Å². The van der Waals surface area contributed by atoms with Crippen LogP contribution in [-0.4, -0.2) is 66.1 Å². The number of nitrogens with one attached hydrogen (secondary N) is 2. The summed E-state index contributed by atoms with van der Waals surface area (Å²) in [5.41, 5.74) is 0.302. The molecular weight excluding hydrogens is 386 g/mol. The highest BCUT2D eigenvalue weighted by molar-refractivity contribution is 6.07. The van der Waals surface area contributed by atoms with Gasteiger partial charge in [0.25, 0.3) is 5.91 Å². The fourth-order valence-corrected chi connectivity index (χ4v) is 4.42. The number of ether oxygens (including phenoxy) is 1. The van der Waals surface area contributed by atoms with Crippen LogP contribution in [0.15, 0.2) is 18.3 Å². The van der Waals surface area contributed by atoms with Gasteiger partial charge in [-0.05, 0) is 37.0 Å². The molecule has 9 heteroatoms. The second-order valence-corrected chi connectivity index (χ2v) is 8.18. The number of carbonyl (C=O) groups is 3. The zero-order chi connectivity index (χ0) is 21.0. The number of imide groups is 1. The van der Waals surface area contributed by atoms with Crippen LogP contribution in [0.3, 0.4) is 0 Å². The molecule has 162 valence electrons. The van der Waals surface area contributed by atoms with Crippen molar-refractivity contribution in [2.75, 3.05) is 37.7 Å². The van der Waals surface area contributed by atoms with Crippen molar-refractivity contribution >= 4 is 23.7 Å². The summed E-state index contributed by atoms with van der Waals surface area (Å²) in [4.78, 5) is 44.9. The van der Waals surface area contributed by atoms with E-state index in [-0.39, 0.29) is 30.8 Å². The number of aromatic nitrogens is 1. The molecule has 0 atom stereocenters. The Hall–Kier alpha value is -2.68. The van der Waals surface area contributed by atoms with E-state index >= 15 is 0 Å². The molecule has 2 aliphatic heterocycles. The number of urea groups is 1. The van der Waals surface area contributed by atoms with Gasteiger partial charge in [-0.2, -0.15) is 0 Å². The van der Waals surface area contributed by atoms with Crippen molar-refractivity contribution in [3.8, 4) is 0 Å². The lowest BCUT2D eigenvalue weighted by Crippen LogP contribution is -2.44. The van der Waals surface area contributed by atoms with Gasteiger partial charge in [0.05, 0.1) is 13.2 Å². The monoisotopic (exact) mass is 415 g/mol. The van der Waals surface area contributed by atoms with Crippen LogP contribution in [0.25, 0.3) is 0 Å². The van der Waals surface area contributed by atoms with E-state index in [4.69, 9.17) is 4.74 Å². The molecule has 9 nitrogen and oxygen atoms in total. The number of hydrogen-bond acceptors (Lipinski definition) is 6. The van der Waals surface area contributed by atoms with Gasteiger partial charge in [0.1, 0.15) is 11.4 Å². The third kappa shape index (κ3) is 4.40. The Morgan fingerprint density at radius 3 is 2.77 bits per heavy atom. The van der Waals surface area contributed by atoms with E-state index in [1.807, 2.05) is 12.1 Å². The number of amides is 4. The van der Waals surface area contributed by atoms with E-state index in [9.17, 15) is 14.4 Å². The standard InChI is InChI=1S/C21H29N5O4/c27-18(4-3-9-26-19(28)21(24-20(26)29)6-1-2-7-21)23-15-16-5-8-22-17(14-16)25-10-12-30-13-11-25/h5,8,14H,1-4,6-7,9-13,15H2,(H,23,27)(H,24,29). The van der Waals surface area contributed by atoms with Crippen LogP contribution in [0.1, 0.15) is 44.1 Å². The maximum absolute atomic E-state index is 12.6. The number of rotatable bonds is 7. The normalized spacial score (nSPS) is 20.7. The Morgan fingerprint density at radius 2 is 2.00 bits per heavy atom. The molecule has 2 saturated heterocycles. The van der Waals surface area contributed by atoms with Crippen molar-refractivity contribution in [1.82, 2.24) is 20.5 Å². The smallest absolute Gasteiger partial charge is 0.325 e. The lowest BCUT2D eigenvalue weighted by atomic mass is 9.98. The Kier molecular flexibility index (Phi) is 6.17. The fourth-order valence-electron chi connectivity index (χ4n) is 4.42.